The number of β-amino-alcohol motifs (C(OH)–C–C–N with tert-alkyl or cyclic N) is 1. The molecule has 3 aromatic heterocycles. The molecule has 2 unspecified atom stereocenters. The number of aliphatic hydroxyl groups excluding tert-OH is 1. The van der Waals surface area contributed by atoms with Crippen LogP contribution in [0.5, 0.6) is 6.01 Å². The largest absolute Gasteiger partial charge is 0.463 e. The van der Waals surface area contributed by atoms with Crippen LogP contribution in [-0.2, 0) is 22.7 Å². The van der Waals surface area contributed by atoms with Crippen LogP contribution in [0, 0.1) is 28.4 Å². The number of fused-ring (bicyclic) bond motifs is 6. The molecule has 3 saturated heterocycles. The third kappa shape index (κ3) is 6.01. The molecule has 16 heteroatoms. The van der Waals surface area contributed by atoms with E-state index in [4.69, 9.17) is 25.2 Å². The topological polar surface area (TPSA) is 157 Å². The second-order valence-electron chi connectivity index (χ2n) is 15.7. The summed E-state index contributed by atoms with van der Waals surface area (Å²) in [6.45, 7) is 9.93. The van der Waals surface area contributed by atoms with Crippen LogP contribution in [0.2, 0.25) is 0 Å². The number of anilines is 2. The highest BCUT2D eigenvalue weighted by molar-refractivity contribution is 7.23. The van der Waals surface area contributed by atoms with Crippen molar-refractivity contribution in [3.05, 3.63) is 34.5 Å². The monoisotopic (exact) mass is 759 g/mol. The maximum absolute atomic E-state index is 17.6. The Morgan fingerprint density at radius 1 is 1.13 bits per heavy atom. The summed E-state index contributed by atoms with van der Waals surface area (Å²) >= 11 is 0.939. The number of piperazine rings is 2. The number of carbonyl (C=O) groups is 1. The maximum atomic E-state index is 17.6. The Hall–Kier alpha value is -4.27. The number of aromatic nitrogens is 3. The number of likely N-dealkylation sites (tertiary alicyclic amines) is 1. The van der Waals surface area contributed by atoms with Crippen molar-refractivity contribution >= 4 is 49.1 Å². The van der Waals surface area contributed by atoms with Gasteiger partial charge in [0, 0.05) is 87.7 Å². The Morgan fingerprint density at radius 3 is 2.52 bits per heavy atom. The molecule has 4 aliphatic heterocycles. The van der Waals surface area contributed by atoms with E-state index in [1.165, 1.54) is 0 Å². The number of ether oxygens (including phenoxy) is 2. The second kappa shape index (κ2) is 13.5. The van der Waals surface area contributed by atoms with E-state index in [2.05, 4.69) is 25.8 Å². The number of thiophene rings is 1. The molecule has 2 bridgehead atoms. The number of nitrogens with two attached hydrogens (primary N) is 1. The highest BCUT2D eigenvalue weighted by Gasteiger charge is 2.46. The predicted molar refractivity (Wildman–Crippen MR) is 199 cm³/mol. The standard InChI is InChI=1S/C38H43F2N9O4S/c1-20(50)13-47-14-22-3-4-23(15-47)49(22)36-30-26-17-52-16-25(26)28(32-29-24(11-41)35(42)54-34(29)27(39)12-43-32)31(40)33(30)44-37(45-36)53-19-38(5-6-38)18-46-7-9-48(10-8-46)21(2)51/h12,20,22-23,50H,3-10,13-19,42H2,1-2H3/t20-,22?,23?/m1/s1. The van der Waals surface area contributed by atoms with Gasteiger partial charge in [0.2, 0.25) is 5.91 Å². The van der Waals surface area contributed by atoms with Gasteiger partial charge in [0.05, 0.1) is 53.5 Å². The van der Waals surface area contributed by atoms with Gasteiger partial charge in [-0.15, -0.1) is 11.3 Å². The zero-order valence-corrected chi connectivity index (χ0v) is 31.2. The first-order valence-corrected chi connectivity index (χ1v) is 19.5. The summed E-state index contributed by atoms with van der Waals surface area (Å²) in [6, 6.07) is 2.33. The summed E-state index contributed by atoms with van der Waals surface area (Å²) in [7, 11) is 0. The summed E-state index contributed by atoms with van der Waals surface area (Å²) in [5.41, 5.74) is 7.72. The van der Waals surface area contributed by atoms with Gasteiger partial charge in [0.25, 0.3) is 0 Å². The fourth-order valence-corrected chi connectivity index (χ4v) is 10.1. The number of halogens is 2. The van der Waals surface area contributed by atoms with Gasteiger partial charge in [0.1, 0.15) is 22.4 Å². The molecule has 0 radical (unpaired) electrons. The second-order valence-corrected chi connectivity index (χ2v) is 16.8. The van der Waals surface area contributed by atoms with Crippen molar-refractivity contribution < 1.29 is 28.2 Å². The molecule has 7 heterocycles. The van der Waals surface area contributed by atoms with E-state index in [9.17, 15) is 15.2 Å². The molecule has 0 spiro atoms. The van der Waals surface area contributed by atoms with E-state index in [1.807, 2.05) is 4.90 Å². The normalized spacial score (nSPS) is 22.9. The smallest absolute Gasteiger partial charge is 0.319 e. The molecule has 54 heavy (non-hydrogen) atoms. The Labute approximate surface area is 315 Å². The summed E-state index contributed by atoms with van der Waals surface area (Å²) in [6.07, 6.45) is 4.40. The summed E-state index contributed by atoms with van der Waals surface area (Å²) in [5, 5.41) is 21.1. The molecule has 3 N–H and O–H groups in total. The fraction of sp³-hybridized carbons (Fsp3) is 0.553. The number of nitriles is 1. The number of nitrogens with zero attached hydrogens (tertiary/aromatic N) is 8. The van der Waals surface area contributed by atoms with Gasteiger partial charge in [-0.25, -0.2) is 8.78 Å². The van der Waals surface area contributed by atoms with Crippen LogP contribution >= 0.6 is 11.3 Å². The van der Waals surface area contributed by atoms with Crippen molar-refractivity contribution in [2.24, 2.45) is 5.41 Å². The Kier molecular flexibility index (Phi) is 8.85. The molecular formula is C38H43F2N9O4S. The zero-order valence-electron chi connectivity index (χ0n) is 30.4. The Morgan fingerprint density at radius 2 is 1.85 bits per heavy atom. The van der Waals surface area contributed by atoms with Crippen molar-refractivity contribution in [1.29, 1.82) is 5.26 Å². The van der Waals surface area contributed by atoms with E-state index in [-0.39, 0.29) is 80.1 Å². The van der Waals surface area contributed by atoms with E-state index >= 15 is 8.78 Å². The molecular weight excluding hydrogens is 717 g/mol. The number of aliphatic hydroxyl groups is 1. The Balaban J connectivity index is 1.15. The van der Waals surface area contributed by atoms with Crippen LogP contribution in [0.1, 0.15) is 56.2 Å². The molecule has 1 aromatic carbocycles. The number of rotatable bonds is 9. The van der Waals surface area contributed by atoms with Crippen molar-refractivity contribution in [3.8, 4) is 23.3 Å². The number of nitrogen functional groups attached to an aromatic ring is 1. The molecule has 9 rings (SSSR count). The molecule has 4 fully saturated rings. The highest BCUT2D eigenvalue weighted by atomic mass is 32.1. The summed E-state index contributed by atoms with van der Waals surface area (Å²) in [4.78, 5) is 35.0. The van der Waals surface area contributed by atoms with Gasteiger partial charge in [0.15, 0.2) is 11.6 Å². The van der Waals surface area contributed by atoms with E-state index in [0.717, 1.165) is 81.5 Å². The van der Waals surface area contributed by atoms with Gasteiger partial charge >= 0.3 is 6.01 Å². The van der Waals surface area contributed by atoms with Crippen LogP contribution in [0.4, 0.5) is 19.6 Å². The minimum atomic E-state index is -0.665. The van der Waals surface area contributed by atoms with Gasteiger partial charge in [-0.05, 0) is 43.7 Å². The van der Waals surface area contributed by atoms with Crippen LogP contribution in [-0.4, -0.2) is 118 Å². The van der Waals surface area contributed by atoms with Gasteiger partial charge < -0.3 is 30.1 Å². The number of carbonyl (C=O) groups excluding carboxylic acids is 1. The SMILES string of the molecule is CC(=O)N1CCN(CC2(COc3nc(N4C5CCC4CN(C[C@@H](C)O)C5)c4c5c(c(-c6ncc(F)c7sc(N)c(C#N)c67)c(F)c4n3)COC5)CC2)CC1. The minimum Gasteiger partial charge on any atom is -0.463 e. The third-order valence-corrected chi connectivity index (χ3v) is 13.0. The first-order valence-electron chi connectivity index (χ1n) is 18.7. The molecule has 4 aromatic rings. The molecule has 13 nitrogen and oxygen atoms in total. The lowest BCUT2D eigenvalue weighted by Gasteiger charge is -2.42. The summed E-state index contributed by atoms with van der Waals surface area (Å²) in [5.74, 6) is -0.604. The average molecular weight is 760 g/mol. The van der Waals surface area contributed by atoms with Crippen LogP contribution in [0.3, 0.4) is 0 Å². The molecule has 5 aliphatic rings. The van der Waals surface area contributed by atoms with Crippen LogP contribution < -0.4 is 15.4 Å². The number of pyridine rings is 1. The van der Waals surface area contributed by atoms with E-state index in [1.54, 1.807) is 13.8 Å². The average Bonchev–Trinajstić information content (AvgIpc) is 3.42. The lowest BCUT2D eigenvalue weighted by molar-refractivity contribution is -0.130. The predicted octanol–water partition coefficient (Wildman–Crippen LogP) is 4.03. The lowest BCUT2D eigenvalue weighted by Crippen LogP contribution is -2.55. The zero-order chi connectivity index (χ0) is 37.5. The maximum Gasteiger partial charge on any atom is 0.319 e. The molecule has 3 atom stereocenters. The number of amides is 1. The lowest BCUT2D eigenvalue weighted by atomic mass is 9.93. The van der Waals surface area contributed by atoms with E-state index < -0.39 is 17.7 Å². The quantitative estimate of drug-likeness (QED) is 0.253. The number of benzene rings is 1. The molecule has 1 saturated carbocycles. The van der Waals surface area contributed by atoms with Crippen molar-refractivity contribution in [3.63, 3.8) is 0 Å². The fourth-order valence-electron chi connectivity index (χ4n) is 9.17. The first kappa shape index (κ1) is 35.4. The first-order chi connectivity index (χ1) is 26.0. The highest BCUT2D eigenvalue weighted by Crippen LogP contribution is 2.49. The molecule has 1 amide bonds. The number of hydrogen-bond donors (Lipinski definition) is 2. The van der Waals surface area contributed by atoms with Crippen molar-refractivity contribution in [2.75, 3.05) is 69.6 Å². The summed E-state index contributed by atoms with van der Waals surface area (Å²) < 4.78 is 45.3. The van der Waals surface area contributed by atoms with Crippen LogP contribution in [0.15, 0.2) is 6.20 Å². The molecule has 1 aliphatic carbocycles. The van der Waals surface area contributed by atoms with Gasteiger partial charge in [-0.1, -0.05) is 0 Å². The van der Waals surface area contributed by atoms with Crippen molar-refractivity contribution in [2.45, 2.75) is 70.9 Å². The van der Waals surface area contributed by atoms with Gasteiger partial charge in [-0.3, -0.25) is 19.6 Å². The minimum absolute atomic E-state index is 0.0562. The van der Waals surface area contributed by atoms with E-state index in [0.29, 0.717) is 43.0 Å². The van der Waals surface area contributed by atoms with Crippen molar-refractivity contribution in [1.82, 2.24) is 29.7 Å². The Bertz CT molecular complexity index is 2200. The number of hydrogen-bond acceptors (Lipinski definition) is 13. The van der Waals surface area contributed by atoms with Gasteiger partial charge in [-0.2, -0.15) is 15.2 Å². The van der Waals surface area contributed by atoms with Crippen LogP contribution in [0.25, 0.3) is 32.2 Å². The third-order valence-electron chi connectivity index (χ3n) is 12.0. The molecule has 284 valence electrons.